The Bertz CT molecular complexity index is 982. The third-order valence-corrected chi connectivity index (χ3v) is 5.50. The second-order valence-electron chi connectivity index (χ2n) is 6.75. The van der Waals surface area contributed by atoms with Gasteiger partial charge in [-0.05, 0) is 19.1 Å². The molecule has 8 heteroatoms. The van der Waals surface area contributed by atoms with Gasteiger partial charge in [0.1, 0.15) is 5.82 Å². The zero-order valence-electron chi connectivity index (χ0n) is 15.1. The Kier molecular flexibility index (Phi) is 4.75. The van der Waals surface area contributed by atoms with Crippen LogP contribution in [-0.4, -0.2) is 32.1 Å². The number of nitrogens with one attached hydrogen (secondary N) is 1. The van der Waals surface area contributed by atoms with Crippen LogP contribution < -0.4 is 5.32 Å². The first-order valence-corrected chi connectivity index (χ1v) is 9.52. The van der Waals surface area contributed by atoms with Crippen LogP contribution in [0.3, 0.4) is 0 Å². The molecule has 1 N–H and O–H groups in total. The van der Waals surface area contributed by atoms with Gasteiger partial charge in [0.25, 0.3) is 0 Å². The van der Waals surface area contributed by atoms with Crippen molar-refractivity contribution < 1.29 is 9.18 Å². The van der Waals surface area contributed by atoms with E-state index < -0.39 is 11.7 Å². The summed E-state index contributed by atoms with van der Waals surface area (Å²) in [5.74, 6) is -1.14. The number of aromatic nitrogens is 3. The second-order valence-corrected chi connectivity index (χ2v) is 8.07. The molecule has 27 heavy (non-hydrogen) atoms. The molecule has 0 bridgehead atoms. The molecule has 0 unspecified atom stereocenters. The highest BCUT2D eigenvalue weighted by molar-refractivity contribution is 7.11. The van der Waals surface area contributed by atoms with Crippen LogP contribution in [-0.2, 0) is 24.9 Å². The smallest absolute Gasteiger partial charge is 0.234 e. The minimum atomic E-state index is -0.455. The summed E-state index contributed by atoms with van der Waals surface area (Å²) < 4.78 is 15.7. The maximum Gasteiger partial charge on any atom is 0.234 e. The molecule has 0 radical (unpaired) electrons. The number of hydrogen-bond donors (Lipinski definition) is 1. The number of hydrogen-bond acceptors (Lipinski definition) is 5. The summed E-state index contributed by atoms with van der Waals surface area (Å²) in [7, 11) is 1.85. The second kappa shape index (κ2) is 7.21. The fourth-order valence-corrected chi connectivity index (χ4v) is 4.27. The van der Waals surface area contributed by atoms with Gasteiger partial charge < -0.3 is 5.32 Å². The Hall–Kier alpha value is -2.58. The summed E-state index contributed by atoms with van der Waals surface area (Å²) in [6.45, 7) is 3.96. The van der Waals surface area contributed by atoms with Crippen molar-refractivity contribution in [2.45, 2.75) is 25.9 Å². The molecule has 2 aromatic heterocycles. The van der Waals surface area contributed by atoms with Crippen LogP contribution in [0.4, 0.5) is 10.1 Å². The lowest BCUT2D eigenvalue weighted by Crippen LogP contribution is -2.38. The van der Waals surface area contributed by atoms with E-state index in [4.69, 9.17) is 0 Å². The topological polar surface area (TPSA) is 63.1 Å². The normalized spacial score (nSPS) is 16.9. The third kappa shape index (κ3) is 3.77. The maximum absolute atomic E-state index is 13.9. The fourth-order valence-electron chi connectivity index (χ4n) is 3.43. The number of amides is 1. The average Bonchev–Trinajstić information content (AvgIpc) is 3.20. The van der Waals surface area contributed by atoms with E-state index in [2.05, 4.69) is 20.3 Å². The highest BCUT2D eigenvalue weighted by Gasteiger charge is 2.33. The summed E-state index contributed by atoms with van der Waals surface area (Å²) in [5, 5.41) is 8.23. The molecular weight excluding hydrogens is 365 g/mol. The molecule has 0 aliphatic carbocycles. The largest absolute Gasteiger partial charge is 0.323 e. The molecule has 3 heterocycles. The fraction of sp³-hybridized carbons (Fsp3) is 0.316. The third-order valence-electron chi connectivity index (χ3n) is 4.60. The first-order valence-electron chi connectivity index (χ1n) is 8.71. The summed E-state index contributed by atoms with van der Waals surface area (Å²) in [5.41, 5.74) is 1.98. The highest BCUT2D eigenvalue weighted by atomic mass is 32.1. The minimum absolute atomic E-state index is 0.190. The lowest BCUT2D eigenvalue weighted by molar-refractivity contribution is -0.118. The van der Waals surface area contributed by atoms with Crippen molar-refractivity contribution in [2.75, 3.05) is 11.9 Å². The Morgan fingerprint density at radius 1 is 1.41 bits per heavy atom. The van der Waals surface area contributed by atoms with Gasteiger partial charge in [-0.1, -0.05) is 12.1 Å². The SMILES string of the molecule is Cc1ncc(CN2Cc3cn(C)nc3[C@@H](C(=O)Nc3ccccc3F)C2)s1. The number of halogens is 1. The van der Waals surface area contributed by atoms with Crippen molar-refractivity contribution in [3.8, 4) is 0 Å². The summed E-state index contributed by atoms with van der Waals surface area (Å²) in [6, 6.07) is 6.19. The van der Waals surface area contributed by atoms with E-state index in [1.165, 1.54) is 6.07 Å². The van der Waals surface area contributed by atoms with Crippen molar-refractivity contribution in [3.05, 3.63) is 63.6 Å². The van der Waals surface area contributed by atoms with E-state index in [-0.39, 0.29) is 11.6 Å². The standard InChI is InChI=1S/C19H20FN5OS/c1-12-21-7-14(27-12)10-25-9-13-8-24(2)23-18(13)15(11-25)19(26)22-17-6-4-3-5-16(17)20/h3-8,15H,9-11H2,1-2H3,(H,22,26)/t15-/m0/s1. The monoisotopic (exact) mass is 385 g/mol. The molecule has 0 saturated heterocycles. The van der Waals surface area contributed by atoms with E-state index in [1.54, 1.807) is 34.2 Å². The van der Waals surface area contributed by atoms with Gasteiger partial charge in [-0.25, -0.2) is 9.37 Å². The average molecular weight is 385 g/mol. The van der Waals surface area contributed by atoms with Crippen molar-refractivity contribution in [3.63, 3.8) is 0 Å². The summed E-state index contributed by atoms with van der Waals surface area (Å²) in [6.07, 6.45) is 3.83. The number of carbonyl (C=O) groups is 1. The minimum Gasteiger partial charge on any atom is -0.323 e. The number of anilines is 1. The molecule has 1 aliphatic heterocycles. The van der Waals surface area contributed by atoms with Crippen molar-refractivity contribution in [2.24, 2.45) is 7.05 Å². The van der Waals surface area contributed by atoms with Crippen LogP contribution in [0.5, 0.6) is 0 Å². The van der Waals surface area contributed by atoms with Gasteiger partial charge in [0.05, 0.1) is 22.3 Å². The first-order chi connectivity index (χ1) is 13.0. The van der Waals surface area contributed by atoms with Crippen LogP contribution in [0, 0.1) is 12.7 Å². The van der Waals surface area contributed by atoms with Crippen LogP contribution in [0.15, 0.2) is 36.7 Å². The number of para-hydroxylation sites is 1. The van der Waals surface area contributed by atoms with Crippen LogP contribution in [0.25, 0.3) is 0 Å². The number of thiazole rings is 1. The highest BCUT2D eigenvalue weighted by Crippen LogP contribution is 2.30. The molecular formula is C19H20FN5OS. The number of benzene rings is 1. The quantitative estimate of drug-likeness (QED) is 0.750. The van der Waals surface area contributed by atoms with Gasteiger partial charge in [0, 0.05) is 49.5 Å². The van der Waals surface area contributed by atoms with Crippen molar-refractivity contribution in [1.82, 2.24) is 19.7 Å². The lowest BCUT2D eigenvalue weighted by atomic mass is 9.95. The van der Waals surface area contributed by atoms with Crippen LogP contribution >= 0.6 is 11.3 Å². The number of aryl methyl sites for hydroxylation is 2. The van der Waals surface area contributed by atoms with Gasteiger partial charge in [-0.2, -0.15) is 5.10 Å². The number of rotatable bonds is 4. The van der Waals surface area contributed by atoms with Gasteiger partial charge in [0.15, 0.2) is 0 Å². The number of carbonyl (C=O) groups excluding carboxylic acids is 1. The Balaban J connectivity index is 1.58. The molecule has 1 amide bonds. The maximum atomic E-state index is 13.9. The van der Waals surface area contributed by atoms with Gasteiger partial charge in [0.2, 0.25) is 5.91 Å². The number of fused-ring (bicyclic) bond motifs is 1. The first kappa shape index (κ1) is 17.8. The molecule has 1 atom stereocenters. The van der Waals surface area contributed by atoms with E-state index in [1.807, 2.05) is 26.4 Å². The molecule has 3 aromatic rings. The number of nitrogens with zero attached hydrogens (tertiary/aromatic N) is 4. The Morgan fingerprint density at radius 3 is 2.96 bits per heavy atom. The lowest BCUT2D eigenvalue weighted by Gasteiger charge is -2.30. The zero-order valence-corrected chi connectivity index (χ0v) is 16.0. The van der Waals surface area contributed by atoms with Crippen LogP contribution in [0.2, 0.25) is 0 Å². The predicted octanol–water partition coefficient (Wildman–Crippen LogP) is 3.06. The summed E-state index contributed by atoms with van der Waals surface area (Å²) >= 11 is 1.66. The molecule has 0 saturated carbocycles. The van der Waals surface area contributed by atoms with Gasteiger partial charge >= 0.3 is 0 Å². The van der Waals surface area contributed by atoms with Crippen molar-refractivity contribution in [1.29, 1.82) is 0 Å². The van der Waals surface area contributed by atoms with Gasteiger partial charge in [-0.3, -0.25) is 14.4 Å². The molecule has 1 aliphatic rings. The van der Waals surface area contributed by atoms with E-state index in [9.17, 15) is 9.18 Å². The molecule has 0 fully saturated rings. The predicted molar refractivity (Wildman–Crippen MR) is 102 cm³/mol. The van der Waals surface area contributed by atoms with E-state index in [0.717, 1.165) is 34.2 Å². The van der Waals surface area contributed by atoms with E-state index in [0.29, 0.717) is 6.54 Å². The van der Waals surface area contributed by atoms with Crippen molar-refractivity contribution >= 4 is 22.9 Å². The Labute approximate surface area is 160 Å². The zero-order chi connectivity index (χ0) is 19.0. The molecule has 140 valence electrons. The van der Waals surface area contributed by atoms with Gasteiger partial charge in [-0.15, -0.1) is 11.3 Å². The molecule has 6 nitrogen and oxygen atoms in total. The summed E-state index contributed by atoms with van der Waals surface area (Å²) in [4.78, 5) is 20.6. The molecule has 0 spiro atoms. The molecule has 4 rings (SSSR count). The Morgan fingerprint density at radius 2 is 2.22 bits per heavy atom. The molecule has 1 aromatic carbocycles. The van der Waals surface area contributed by atoms with E-state index >= 15 is 0 Å². The van der Waals surface area contributed by atoms with Crippen LogP contribution in [0.1, 0.15) is 27.1 Å².